The number of halogens is 3. The average Bonchev–Trinajstić information content (AvgIpc) is 2.46. The number of benzene rings is 1. The van der Waals surface area contributed by atoms with E-state index in [0.29, 0.717) is 18.4 Å². The van der Waals surface area contributed by atoms with Crippen molar-refractivity contribution in [2.75, 3.05) is 0 Å². The second-order valence-corrected chi connectivity index (χ2v) is 6.05. The number of amides is 1. The average molecular weight is 346 g/mol. The molecule has 23 heavy (non-hydrogen) atoms. The van der Waals surface area contributed by atoms with E-state index in [-0.39, 0.29) is 17.3 Å². The predicted octanol–water partition coefficient (Wildman–Crippen LogP) is 2.00. The minimum absolute atomic E-state index is 0.0537. The highest BCUT2D eigenvalue weighted by Gasteiger charge is 2.41. The van der Waals surface area contributed by atoms with Gasteiger partial charge in [0.05, 0.1) is 6.10 Å². The van der Waals surface area contributed by atoms with Crippen LogP contribution in [0.1, 0.15) is 36.3 Å². The van der Waals surface area contributed by atoms with Crippen LogP contribution < -0.4 is 11.1 Å². The Labute approximate surface area is 136 Å². The topological polar surface area (TPSA) is 75.3 Å². The molecule has 0 bridgehead atoms. The fourth-order valence-corrected chi connectivity index (χ4v) is 3.14. The Kier molecular flexibility index (Phi) is 5.26. The third kappa shape index (κ3) is 4.20. The number of nitrogens with one attached hydrogen (secondary N) is 1. The van der Waals surface area contributed by atoms with Crippen molar-refractivity contribution in [3.8, 4) is 0 Å². The molecule has 1 aromatic rings. The lowest BCUT2D eigenvalue weighted by Crippen LogP contribution is -2.47. The molecule has 2 rings (SSSR count). The summed E-state index contributed by atoms with van der Waals surface area (Å²) in [6.45, 7) is 0. The van der Waals surface area contributed by atoms with Crippen LogP contribution in [0, 0.1) is 0 Å². The second kappa shape index (κ2) is 6.84. The summed E-state index contributed by atoms with van der Waals surface area (Å²) < 4.78 is 36.8. The van der Waals surface area contributed by atoms with E-state index in [4.69, 9.17) is 18.0 Å². The molecule has 0 aliphatic heterocycles. The van der Waals surface area contributed by atoms with Crippen molar-refractivity contribution >= 4 is 23.1 Å². The van der Waals surface area contributed by atoms with Gasteiger partial charge >= 0.3 is 12.1 Å². The standard InChI is InChI=1S/C15H17F3N2O2S/c16-15(17,18)14(22)20-8-5-6-10(12(21)7-8)9-3-1-2-4-11(9)13(19)23/h1-4,8,10,12,21H,5-7H2,(H2,19,23)(H,20,22)/t8-,10-,12-/m1/s1. The lowest BCUT2D eigenvalue weighted by molar-refractivity contribution is -0.174. The van der Waals surface area contributed by atoms with Crippen molar-refractivity contribution in [3.63, 3.8) is 0 Å². The number of hydrogen-bond donors (Lipinski definition) is 3. The van der Waals surface area contributed by atoms with Crippen molar-refractivity contribution in [3.05, 3.63) is 35.4 Å². The summed E-state index contributed by atoms with van der Waals surface area (Å²) in [4.78, 5) is 11.2. The van der Waals surface area contributed by atoms with Gasteiger partial charge in [0.15, 0.2) is 0 Å². The highest BCUT2D eigenvalue weighted by molar-refractivity contribution is 7.80. The zero-order valence-corrected chi connectivity index (χ0v) is 13.0. The number of rotatable bonds is 3. The molecule has 0 spiro atoms. The maximum absolute atomic E-state index is 12.3. The number of alkyl halides is 3. The molecule has 4 N–H and O–H groups in total. The van der Waals surface area contributed by atoms with Gasteiger partial charge in [-0.05, 0) is 24.8 Å². The van der Waals surface area contributed by atoms with Gasteiger partial charge in [0, 0.05) is 17.5 Å². The monoisotopic (exact) mass is 346 g/mol. The van der Waals surface area contributed by atoms with Gasteiger partial charge in [-0.2, -0.15) is 13.2 Å². The number of carbonyl (C=O) groups excluding carboxylic acids is 1. The molecular formula is C15H17F3N2O2S. The van der Waals surface area contributed by atoms with Gasteiger partial charge in [0.1, 0.15) is 4.99 Å². The first-order valence-electron chi connectivity index (χ1n) is 7.14. The largest absolute Gasteiger partial charge is 0.471 e. The summed E-state index contributed by atoms with van der Waals surface area (Å²) in [6.07, 6.45) is -4.96. The van der Waals surface area contributed by atoms with E-state index in [0.717, 1.165) is 5.56 Å². The summed E-state index contributed by atoms with van der Waals surface area (Å²) >= 11 is 4.99. The summed E-state index contributed by atoms with van der Waals surface area (Å²) in [5.41, 5.74) is 7.12. The van der Waals surface area contributed by atoms with Gasteiger partial charge in [0.2, 0.25) is 0 Å². The predicted molar refractivity (Wildman–Crippen MR) is 82.9 cm³/mol. The highest BCUT2D eigenvalue weighted by atomic mass is 32.1. The zero-order valence-electron chi connectivity index (χ0n) is 12.1. The lowest BCUT2D eigenvalue weighted by Gasteiger charge is -2.34. The van der Waals surface area contributed by atoms with Gasteiger partial charge in [0.25, 0.3) is 0 Å². The molecule has 1 fully saturated rings. The Morgan fingerprint density at radius 3 is 2.52 bits per heavy atom. The SMILES string of the molecule is NC(=S)c1ccccc1[C@H]1CC[C@@H](NC(=O)C(F)(F)F)C[C@H]1O. The van der Waals surface area contributed by atoms with Crippen LogP contribution in [0.2, 0.25) is 0 Å². The minimum atomic E-state index is -4.92. The first-order valence-corrected chi connectivity index (χ1v) is 7.55. The highest BCUT2D eigenvalue weighted by Crippen LogP contribution is 2.35. The Morgan fingerprint density at radius 1 is 1.30 bits per heavy atom. The molecule has 0 heterocycles. The maximum atomic E-state index is 12.3. The second-order valence-electron chi connectivity index (χ2n) is 5.61. The number of nitrogens with two attached hydrogens (primary N) is 1. The van der Waals surface area contributed by atoms with Crippen LogP contribution in [0.25, 0.3) is 0 Å². The normalized spacial score (nSPS) is 25.0. The number of aliphatic hydroxyl groups excluding tert-OH is 1. The number of aliphatic hydroxyl groups is 1. The van der Waals surface area contributed by atoms with E-state index < -0.39 is 24.2 Å². The van der Waals surface area contributed by atoms with E-state index >= 15 is 0 Å². The van der Waals surface area contributed by atoms with Crippen LogP contribution in [-0.4, -0.2) is 34.3 Å². The van der Waals surface area contributed by atoms with E-state index in [1.807, 2.05) is 5.32 Å². The molecule has 0 saturated heterocycles. The quantitative estimate of drug-likeness (QED) is 0.732. The molecule has 1 amide bonds. The molecule has 0 aromatic heterocycles. The van der Waals surface area contributed by atoms with Gasteiger partial charge in [-0.3, -0.25) is 4.79 Å². The van der Waals surface area contributed by atoms with Crippen molar-refractivity contribution in [2.24, 2.45) is 5.73 Å². The smallest absolute Gasteiger partial charge is 0.392 e. The molecule has 1 aliphatic rings. The minimum Gasteiger partial charge on any atom is -0.392 e. The van der Waals surface area contributed by atoms with Crippen molar-refractivity contribution in [1.82, 2.24) is 5.32 Å². The number of carbonyl (C=O) groups is 1. The molecule has 1 saturated carbocycles. The Bertz CT molecular complexity index is 607. The fraction of sp³-hybridized carbons (Fsp3) is 0.467. The van der Waals surface area contributed by atoms with E-state index in [1.165, 1.54) is 0 Å². The molecule has 3 atom stereocenters. The molecule has 0 radical (unpaired) electrons. The van der Waals surface area contributed by atoms with Crippen molar-refractivity contribution in [1.29, 1.82) is 0 Å². The van der Waals surface area contributed by atoms with Crippen LogP contribution in [0.4, 0.5) is 13.2 Å². The van der Waals surface area contributed by atoms with E-state index in [2.05, 4.69) is 0 Å². The van der Waals surface area contributed by atoms with Crippen molar-refractivity contribution < 1.29 is 23.1 Å². The molecule has 4 nitrogen and oxygen atoms in total. The van der Waals surface area contributed by atoms with Crippen LogP contribution >= 0.6 is 12.2 Å². The van der Waals surface area contributed by atoms with Crippen molar-refractivity contribution in [2.45, 2.75) is 43.5 Å². The van der Waals surface area contributed by atoms with Gasteiger partial charge in [-0.1, -0.05) is 36.5 Å². The van der Waals surface area contributed by atoms with Crippen LogP contribution in [0.3, 0.4) is 0 Å². The number of thiocarbonyl (C=S) groups is 1. The third-order valence-corrected chi connectivity index (χ3v) is 4.25. The Hall–Kier alpha value is -1.67. The summed E-state index contributed by atoms with van der Waals surface area (Å²) in [5, 5.41) is 12.2. The molecule has 126 valence electrons. The van der Waals surface area contributed by atoms with Gasteiger partial charge in [-0.25, -0.2) is 0 Å². The summed E-state index contributed by atoms with van der Waals surface area (Å²) in [7, 11) is 0. The third-order valence-electron chi connectivity index (χ3n) is 4.04. The first kappa shape index (κ1) is 17.7. The maximum Gasteiger partial charge on any atom is 0.471 e. The Morgan fingerprint density at radius 2 is 1.96 bits per heavy atom. The first-order chi connectivity index (χ1) is 10.7. The van der Waals surface area contributed by atoms with Crippen LogP contribution in [0.5, 0.6) is 0 Å². The molecule has 0 unspecified atom stereocenters. The molecule has 8 heteroatoms. The lowest BCUT2D eigenvalue weighted by atomic mass is 9.78. The zero-order chi connectivity index (χ0) is 17.2. The number of hydrogen-bond acceptors (Lipinski definition) is 3. The van der Waals surface area contributed by atoms with E-state index in [9.17, 15) is 23.1 Å². The molecule has 1 aromatic carbocycles. The van der Waals surface area contributed by atoms with E-state index in [1.54, 1.807) is 24.3 Å². The van der Waals surface area contributed by atoms with Gasteiger partial charge in [-0.15, -0.1) is 0 Å². The molecular weight excluding hydrogens is 329 g/mol. The summed E-state index contributed by atoms with van der Waals surface area (Å²) in [6, 6.07) is 6.42. The van der Waals surface area contributed by atoms with Gasteiger partial charge < -0.3 is 16.2 Å². The Balaban J connectivity index is 2.08. The fourth-order valence-electron chi connectivity index (χ4n) is 2.95. The summed E-state index contributed by atoms with van der Waals surface area (Å²) in [5.74, 6) is -2.25. The van der Waals surface area contributed by atoms with Crippen LogP contribution in [-0.2, 0) is 4.79 Å². The molecule has 1 aliphatic carbocycles. The van der Waals surface area contributed by atoms with Crippen LogP contribution in [0.15, 0.2) is 24.3 Å².